The first kappa shape index (κ1) is 13.0. The van der Waals surface area contributed by atoms with E-state index in [9.17, 15) is 4.79 Å². The second kappa shape index (κ2) is 5.54. The fourth-order valence-electron chi connectivity index (χ4n) is 1.86. The van der Waals surface area contributed by atoms with E-state index in [1.165, 1.54) is 6.21 Å². The molecule has 0 aliphatic carbocycles. The van der Waals surface area contributed by atoms with E-state index in [1.54, 1.807) is 36.4 Å². The number of anilines is 1. The van der Waals surface area contributed by atoms with Crippen LogP contribution in [-0.2, 0) is 0 Å². The summed E-state index contributed by atoms with van der Waals surface area (Å²) < 4.78 is 10.5. The Morgan fingerprint density at radius 1 is 1.14 bits per heavy atom. The van der Waals surface area contributed by atoms with E-state index in [4.69, 9.17) is 15.2 Å². The van der Waals surface area contributed by atoms with Crippen LogP contribution in [0.1, 0.15) is 15.9 Å². The van der Waals surface area contributed by atoms with Gasteiger partial charge in [0, 0.05) is 11.3 Å². The Morgan fingerprint density at radius 2 is 1.90 bits per heavy atom. The lowest BCUT2D eigenvalue weighted by atomic mass is 10.2. The minimum absolute atomic E-state index is 0.226. The second-order valence-electron chi connectivity index (χ2n) is 4.43. The molecule has 0 saturated carbocycles. The molecule has 3 N–H and O–H groups in total. The molecular formula is C15H13N3O3. The molecule has 1 amide bonds. The maximum Gasteiger partial charge on any atom is 0.271 e. The topological polar surface area (TPSA) is 85.9 Å². The van der Waals surface area contributed by atoms with Crippen molar-refractivity contribution in [1.29, 1.82) is 0 Å². The highest BCUT2D eigenvalue weighted by Gasteiger charge is 2.12. The predicted octanol–water partition coefficient (Wildman–Crippen LogP) is 1.76. The standard InChI is InChI=1S/C15H13N3O3/c16-12-4-2-11(3-5-12)15(19)18-17-8-10-1-6-13-14(7-10)21-9-20-13/h1-8H,9,16H2,(H,18,19)/b17-8-. The first-order valence-corrected chi connectivity index (χ1v) is 6.31. The molecule has 2 aromatic rings. The van der Waals surface area contributed by atoms with Crippen LogP contribution in [0.4, 0.5) is 5.69 Å². The number of benzene rings is 2. The van der Waals surface area contributed by atoms with Crippen LogP contribution in [0.15, 0.2) is 47.6 Å². The van der Waals surface area contributed by atoms with Gasteiger partial charge in [0.25, 0.3) is 5.91 Å². The lowest BCUT2D eigenvalue weighted by molar-refractivity contribution is 0.0955. The van der Waals surface area contributed by atoms with Crippen LogP contribution in [-0.4, -0.2) is 18.9 Å². The van der Waals surface area contributed by atoms with Gasteiger partial charge >= 0.3 is 0 Å². The average molecular weight is 283 g/mol. The molecule has 1 aliphatic rings. The van der Waals surface area contributed by atoms with Crippen LogP contribution in [0, 0.1) is 0 Å². The van der Waals surface area contributed by atoms with Crippen molar-refractivity contribution in [2.45, 2.75) is 0 Å². The molecule has 6 nitrogen and oxygen atoms in total. The van der Waals surface area contributed by atoms with Gasteiger partial charge in [0.1, 0.15) is 0 Å². The lowest BCUT2D eigenvalue weighted by Crippen LogP contribution is -2.17. The summed E-state index contributed by atoms with van der Waals surface area (Å²) in [6, 6.07) is 12.0. The molecule has 0 aromatic heterocycles. The zero-order valence-corrected chi connectivity index (χ0v) is 11.1. The van der Waals surface area contributed by atoms with E-state index in [1.807, 2.05) is 6.07 Å². The molecule has 106 valence electrons. The van der Waals surface area contributed by atoms with Gasteiger partial charge in [-0.05, 0) is 48.0 Å². The summed E-state index contributed by atoms with van der Waals surface area (Å²) in [6.45, 7) is 0.226. The number of carbonyl (C=O) groups excluding carboxylic acids is 1. The maximum absolute atomic E-state index is 11.8. The number of carbonyl (C=O) groups is 1. The Kier molecular flexibility index (Phi) is 3.42. The number of hydrogen-bond donors (Lipinski definition) is 2. The lowest BCUT2D eigenvalue weighted by Gasteiger charge is -2.00. The van der Waals surface area contributed by atoms with E-state index in [0.29, 0.717) is 22.7 Å². The zero-order chi connectivity index (χ0) is 14.7. The summed E-state index contributed by atoms with van der Waals surface area (Å²) in [5, 5.41) is 3.91. The Labute approximate surface area is 121 Å². The number of fused-ring (bicyclic) bond motifs is 1. The average Bonchev–Trinajstić information content (AvgIpc) is 2.95. The molecule has 0 spiro atoms. The van der Waals surface area contributed by atoms with Gasteiger partial charge in [-0.25, -0.2) is 5.43 Å². The number of nitrogens with zero attached hydrogens (tertiary/aromatic N) is 1. The number of hydrogen-bond acceptors (Lipinski definition) is 5. The molecule has 0 saturated heterocycles. The van der Waals surface area contributed by atoms with E-state index < -0.39 is 0 Å². The fraction of sp³-hybridized carbons (Fsp3) is 0.0667. The SMILES string of the molecule is Nc1ccc(C(=O)N/N=C\c2ccc3c(c2)OCO3)cc1. The van der Waals surface area contributed by atoms with Crippen LogP contribution in [0.3, 0.4) is 0 Å². The Morgan fingerprint density at radius 3 is 2.71 bits per heavy atom. The molecular weight excluding hydrogens is 270 g/mol. The quantitative estimate of drug-likeness (QED) is 0.510. The smallest absolute Gasteiger partial charge is 0.271 e. The highest BCUT2D eigenvalue weighted by Crippen LogP contribution is 2.31. The van der Waals surface area contributed by atoms with E-state index in [2.05, 4.69) is 10.5 Å². The van der Waals surface area contributed by atoms with Crippen LogP contribution in [0.25, 0.3) is 0 Å². The largest absolute Gasteiger partial charge is 0.454 e. The van der Waals surface area contributed by atoms with Crippen LogP contribution < -0.4 is 20.6 Å². The van der Waals surface area contributed by atoms with Gasteiger partial charge in [0.05, 0.1) is 6.21 Å². The van der Waals surface area contributed by atoms with Gasteiger partial charge in [-0.2, -0.15) is 5.10 Å². The molecule has 0 unspecified atom stereocenters. The number of ether oxygens (including phenoxy) is 2. The summed E-state index contributed by atoms with van der Waals surface area (Å²) in [6.07, 6.45) is 1.54. The van der Waals surface area contributed by atoms with Crippen molar-refractivity contribution in [2.75, 3.05) is 12.5 Å². The number of nitrogens with one attached hydrogen (secondary N) is 1. The number of nitrogens with two attached hydrogens (primary N) is 1. The first-order valence-electron chi connectivity index (χ1n) is 6.31. The zero-order valence-electron chi connectivity index (χ0n) is 11.1. The monoisotopic (exact) mass is 283 g/mol. The third-order valence-corrected chi connectivity index (χ3v) is 2.95. The van der Waals surface area contributed by atoms with Gasteiger partial charge in [0.15, 0.2) is 11.5 Å². The minimum Gasteiger partial charge on any atom is -0.454 e. The van der Waals surface area contributed by atoms with E-state index in [0.717, 1.165) is 5.56 Å². The van der Waals surface area contributed by atoms with Crippen molar-refractivity contribution in [3.63, 3.8) is 0 Å². The van der Waals surface area contributed by atoms with Gasteiger partial charge in [0.2, 0.25) is 6.79 Å². The fourth-order valence-corrected chi connectivity index (χ4v) is 1.86. The van der Waals surface area contributed by atoms with Gasteiger partial charge < -0.3 is 15.2 Å². The molecule has 1 heterocycles. The third-order valence-electron chi connectivity index (χ3n) is 2.95. The van der Waals surface area contributed by atoms with Gasteiger partial charge in [-0.1, -0.05) is 0 Å². The summed E-state index contributed by atoms with van der Waals surface area (Å²) in [4.78, 5) is 11.8. The molecule has 0 fully saturated rings. The number of rotatable bonds is 3. The van der Waals surface area contributed by atoms with Crippen molar-refractivity contribution >= 4 is 17.8 Å². The molecule has 2 aromatic carbocycles. The Balaban J connectivity index is 1.64. The van der Waals surface area contributed by atoms with Crippen molar-refractivity contribution in [1.82, 2.24) is 5.43 Å². The molecule has 0 radical (unpaired) electrons. The van der Waals surface area contributed by atoms with Crippen molar-refractivity contribution in [3.05, 3.63) is 53.6 Å². The van der Waals surface area contributed by atoms with Crippen molar-refractivity contribution in [2.24, 2.45) is 5.10 Å². The Hall–Kier alpha value is -3.02. The summed E-state index contributed by atoms with van der Waals surface area (Å²) in [7, 11) is 0. The maximum atomic E-state index is 11.8. The van der Waals surface area contributed by atoms with Crippen molar-refractivity contribution in [3.8, 4) is 11.5 Å². The van der Waals surface area contributed by atoms with Crippen molar-refractivity contribution < 1.29 is 14.3 Å². The Bertz CT molecular complexity index is 696. The molecule has 0 bridgehead atoms. The summed E-state index contributed by atoms with van der Waals surface area (Å²) >= 11 is 0. The number of nitrogen functional groups attached to an aromatic ring is 1. The van der Waals surface area contributed by atoms with Gasteiger partial charge in [-0.3, -0.25) is 4.79 Å². The number of amides is 1. The van der Waals surface area contributed by atoms with Crippen LogP contribution >= 0.6 is 0 Å². The number of hydrazone groups is 1. The molecule has 0 atom stereocenters. The third kappa shape index (κ3) is 2.94. The summed E-state index contributed by atoms with van der Waals surface area (Å²) in [5.74, 6) is 1.08. The second-order valence-corrected chi connectivity index (χ2v) is 4.43. The normalized spacial score (nSPS) is 12.6. The summed E-state index contributed by atoms with van der Waals surface area (Å²) in [5.41, 5.74) is 9.92. The van der Waals surface area contributed by atoms with E-state index in [-0.39, 0.29) is 12.7 Å². The van der Waals surface area contributed by atoms with E-state index >= 15 is 0 Å². The first-order chi connectivity index (χ1) is 10.2. The highest BCUT2D eigenvalue weighted by molar-refractivity contribution is 5.95. The molecule has 6 heteroatoms. The molecule has 3 rings (SSSR count). The van der Waals surface area contributed by atoms with Gasteiger partial charge in [-0.15, -0.1) is 0 Å². The van der Waals surface area contributed by atoms with Crippen LogP contribution in [0.2, 0.25) is 0 Å². The predicted molar refractivity (Wildman–Crippen MR) is 78.5 cm³/mol. The molecule has 21 heavy (non-hydrogen) atoms. The molecule has 1 aliphatic heterocycles. The van der Waals surface area contributed by atoms with Crippen LogP contribution in [0.5, 0.6) is 11.5 Å². The highest BCUT2D eigenvalue weighted by atomic mass is 16.7. The minimum atomic E-state index is -0.299.